The number of amides is 1. The number of hydrogen-bond donors (Lipinski definition) is 0. The van der Waals surface area contributed by atoms with E-state index in [9.17, 15) is 13.2 Å². The van der Waals surface area contributed by atoms with Gasteiger partial charge in [0.25, 0.3) is 5.91 Å². The summed E-state index contributed by atoms with van der Waals surface area (Å²) in [6, 6.07) is 16.8. The van der Waals surface area contributed by atoms with E-state index in [0.29, 0.717) is 30.8 Å². The maximum absolute atomic E-state index is 12.9. The van der Waals surface area contributed by atoms with Crippen molar-refractivity contribution in [2.45, 2.75) is 32.9 Å². The van der Waals surface area contributed by atoms with Crippen LogP contribution in [0.15, 0.2) is 54.6 Å². The number of carbonyl (C=O) groups is 1. The Morgan fingerprint density at radius 2 is 1.73 bits per heavy atom. The van der Waals surface area contributed by atoms with Crippen LogP contribution in [-0.4, -0.2) is 37.6 Å². The quantitative estimate of drug-likeness (QED) is 0.809. The first-order chi connectivity index (χ1) is 12.4. The van der Waals surface area contributed by atoms with Crippen LogP contribution in [0.3, 0.4) is 0 Å². The second-order valence-electron chi connectivity index (χ2n) is 6.80. The van der Waals surface area contributed by atoms with Crippen LogP contribution in [0.1, 0.15) is 36.2 Å². The van der Waals surface area contributed by atoms with Gasteiger partial charge in [-0.2, -0.15) is 0 Å². The Hall–Kier alpha value is -2.34. The molecule has 0 N–H and O–H groups in total. The summed E-state index contributed by atoms with van der Waals surface area (Å²) in [5, 5.41) is 0. The van der Waals surface area contributed by atoms with Crippen LogP contribution in [0.5, 0.6) is 0 Å². The lowest BCUT2D eigenvalue weighted by Gasteiger charge is -2.27. The van der Waals surface area contributed by atoms with Crippen molar-refractivity contribution < 1.29 is 13.2 Å². The van der Waals surface area contributed by atoms with Gasteiger partial charge in [0.05, 0.1) is 11.4 Å². The second kappa shape index (κ2) is 7.50. The van der Waals surface area contributed by atoms with E-state index in [2.05, 4.69) is 0 Å². The summed E-state index contributed by atoms with van der Waals surface area (Å²) in [5.74, 6) is 0.131. The van der Waals surface area contributed by atoms with Gasteiger partial charge in [0.2, 0.25) is 10.0 Å². The summed E-state index contributed by atoms with van der Waals surface area (Å²) in [6.07, 6.45) is 0.640. The minimum Gasteiger partial charge on any atom is -0.332 e. The molecule has 1 saturated heterocycles. The normalized spacial score (nSPS) is 16.0. The largest absolute Gasteiger partial charge is 0.332 e. The van der Waals surface area contributed by atoms with E-state index in [0.717, 1.165) is 5.56 Å². The Kier molecular flexibility index (Phi) is 5.32. The Bertz CT molecular complexity index is 862. The van der Waals surface area contributed by atoms with E-state index >= 15 is 0 Å². The van der Waals surface area contributed by atoms with Crippen LogP contribution >= 0.6 is 0 Å². The highest BCUT2D eigenvalue weighted by Crippen LogP contribution is 2.25. The zero-order valence-electron chi connectivity index (χ0n) is 15.1. The third-order valence-electron chi connectivity index (χ3n) is 4.58. The minimum absolute atomic E-state index is 0.0558. The van der Waals surface area contributed by atoms with Gasteiger partial charge in [-0.15, -0.1) is 0 Å². The zero-order chi connectivity index (χ0) is 18.7. The third kappa shape index (κ3) is 3.90. The molecule has 0 spiro atoms. The average molecular weight is 372 g/mol. The number of nitrogens with zero attached hydrogens (tertiary/aromatic N) is 2. The number of hydrogen-bond acceptors (Lipinski definition) is 3. The van der Waals surface area contributed by atoms with E-state index in [-0.39, 0.29) is 17.7 Å². The zero-order valence-corrected chi connectivity index (χ0v) is 15.9. The van der Waals surface area contributed by atoms with Crippen molar-refractivity contribution in [2.24, 2.45) is 0 Å². The Morgan fingerprint density at radius 1 is 1.08 bits per heavy atom. The summed E-state index contributed by atoms with van der Waals surface area (Å²) < 4.78 is 25.5. The topological polar surface area (TPSA) is 57.7 Å². The highest BCUT2D eigenvalue weighted by Gasteiger charge is 2.28. The number of rotatable bonds is 5. The van der Waals surface area contributed by atoms with Crippen molar-refractivity contribution in [3.05, 3.63) is 65.7 Å². The molecule has 1 amide bonds. The van der Waals surface area contributed by atoms with Gasteiger partial charge in [-0.05, 0) is 50.1 Å². The molecule has 6 heteroatoms. The summed E-state index contributed by atoms with van der Waals surface area (Å²) in [5.41, 5.74) is 2.27. The van der Waals surface area contributed by atoms with E-state index < -0.39 is 10.0 Å². The van der Waals surface area contributed by atoms with Crippen molar-refractivity contribution in [1.82, 2.24) is 4.90 Å². The molecule has 0 atom stereocenters. The smallest absolute Gasteiger partial charge is 0.254 e. The van der Waals surface area contributed by atoms with Crippen molar-refractivity contribution >= 4 is 21.6 Å². The first-order valence-electron chi connectivity index (χ1n) is 8.84. The Labute approximate surface area is 155 Å². The number of sulfonamides is 1. The maximum Gasteiger partial charge on any atom is 0.254 e. The molecule has 138 valence electrons. The number of anilines is 1. The van der Waals surface area contributed by atoms with Gasteiger partial charge in [0.15, 0.2) is 0 Å². The first kappa shape index (κ1) is 18.5. The molecule has 2 aromatic carbocycles. The maximum atomic E-state index is 12.9. The number of benzene rings is 2. The van der Waals surface area contributed by atoms with Gasteiger partial charge in [-0.25, -0.2) is 8.42 Å². The summed E-state index contributed by atoms with van der Waals surface area (Å²) >= 11 is 0. The van der Waals surface area contributed by atoms with Gasteiger partial charge in [-0.1, -0.05) is 30.3 Å². The fraction of sp³-hybridized carbons (Fsp3) is 0.350. The van der Waals surface area contributed by atoms with Crippen molar-refractivity contribution in [2.75, 3.05) is 16.6 Å². The van der Waals surface area contributed by atoms with Crippen molar-refractivity contribution in [3.63, 3.8) is 0 Å². The first-order valence-corrected chi connectivity index (χ1v) is 10.4. The monoisotopic (exact) mass is 372 g/mol. The van der Waals surface area contributed by atoms with Crippen LogP contribution in [-0.2, 0) is 16.6 Å². The molecule has 1 aliphatic rings. The number of carbonyl (C=O) groups excluding carboxylic acids is 1. The molecule has 5 nitrogen and oxygen atoms in total. The molecule has 3 rings (SSSR count). The van der Waals surface area contributed by atoms with Crippen molar-refractivity contribution in [1.29, 1.82) is 0 Å². The van der Waals surface area contributed by atoms with Crippen LogP contribution in [0.25, 0.3) is 0 Å². The summed E-state index contributed by atoms with van der Waals surface area (Å²) in [4.78, 5) is 14.8. The molecule has 0 saturated carbocycles. The highest BCUT2D eigenvalue weighted by atomic mass is 32.2. The molecule has 0 radical (unpaired) electrons. The fourth-order valence-corrected chi connectivity index (χ4v) is 4.70. The van der Waals surface area contributed by atoms with Gasteiger partial charge >= 0.3 is 0 Å². The lowest BCUT2D eigenvalue weighted by atomic mass is 10.1. The van der Waals surface area contributed by atoms with Crippen LogP contribution in [0.2, 0.25) is 0 Å². The van der Waals surface area contributed by atoms with E-state index in [4.69, 9.17) is 0 Å². The standard InChI is InChI=1S/C20H24N2O3S/c1-16(2)21(15-17-7-4-3-5-8-17)20(23)18-9-11-19(12-10-18)22-13-6-14-26(22,24)25/h3-5,7-12,16H,6,13-15H2,1-2H3. The lowest BCUT2D eigenvalue weighted by Crippen LogP contribution is -2.36. The molecular formula is C20H24N2O3S. The Morgan fingerprint density at radius 3 is 2.27 bits per heavy atom. The summed E-state index contributed by atoms with van der Waals surface area (Å²) in [6.45, 7) is 5.03. The molecule has 1 fully saturated rings. The fourth-order valence-electron chi connectivity index (χ4n) is 3.13. The van der Waals surface area contributed by atoms with E-state index in [1.807, 2.05) is 49.1 Å². The van der Waals surface area contributed by atoms with Crippen LogP contribution in [0.4, 0.5) is 5.69 Å². The third-order valence-corrected chi connectivity index (χ3v) is 6.45. The molecule has 2 aromatic rings. The minimum atomic E-state index is -3.21. The lowest BCUT2D eigenvalue weighted by molar-refractivity contribution is 0.0690. The molecule has 1 heterocycles. The summed E-state index contributed by atoms with van der Waals surface area (Å²) in [7, 11) is -3.21. The molecule has 0 unspecified atom stereocenters. The molecular weight excluding hydrogens is 348 g/mol. The van der Waals surface area contributed by atoms with Gasteiger partial charge in [0, 0.05) is 24.7 Å². The Balaban J connectivity index is 1.79. The molecule has 0 aliphatic carbocycles. The van der Waals surface area contributed by atoms with Gasteiger partial charge < -0.3 is 4.90 Å². The molecule has 26 heavy (non-hydrogen) atoms. The predicted octanol–water partition coefficient (Wildman–Crippen LogP) is 3.28. The van der Waals surface area contributed by atoms with Crippen LogP contribution < -0.4 is 4.31 Å². The van der Waals surface area contributed by atoms with E-state index in [1.165, 1.54) is 4.31 Å². The van der Waals surface area contributed by atoms with Crippen LogP contribution in [0, 0.1) is 0 Å². The van der Waals surface area contributed by atoms with Gasteiger partial charge in [0.1, 0.15) is 0 Å². The molecule has 0 aromatic heterocycles. The SMILES string of the molecule is CC(C)N(Cc1ccccc1)C(=O)c1ccc(N2CCCS2(=O)=O)cc1. The molecule has 0 bridgehead atoms. The molecule has 1 aliphatic heterocycles. The highest BCUT2D eigenvalue weighted by molar-refractivity contribution is 7.93. The van der Waals surface area contributed by atoms with E-state index in [1.54, 1.807) is 24.3 Å². The average Bonchev–Trinajstić information content (AvgIpc) is 2.99. The second-order valence-corrected chi connectivity index (χ2v) is 8.81. The predicted molar refractivity (Wildman–Crippen MR) is 104 cm³/mol. The van der Waals surface area contributed by atoms with Crippen molar-refractivity contribution in [3.8, 4) is 0 Å². The van der Waals surface area contributed by atoms with Gasteiger partial charge in [-0.3, -0.25) is 9.10 Å².